The third kappa shape index (κ3) is 4.02. The number of amides is 1. The second kappa shape index (κ2) is 8.89. The predicted molar refractivity (Wildman–Crippen MR) is 119 cm³/mol. The number of carbonyl (C=O) groups is 1. The van der Waals surface area contributed by atoms with E-state index >= 15 is 0 Å². The van der Waals surface area contributed by atoms with E-state index in [2.05, 4.69) is 0 Å². The number of carbonyl (C=O) groups excluding carboxylic acids is 1. The summed E-state index contributed by atoms with van der Waals surface area (Å²) in [4.78, 5) is 15.1. The van der Waals surface area contributed by atoms with Crippen molar-refractivity contribution in [2.75, 3.05) is 33.9 Å². The van der Waals surface area contributed by atoms with E-state index in [1.165, 1.54) is 0 Å². The van der Waals surface area contributed by atoms with Gasteiger partial charge in [-0.2, -0.15) is 0 Å². The van der Waals surface area contributed by atoms with E-state index in [1.807, 2.05) is 53.4 Å². The van der Waals surface area contributed by atoms with Gasteiger partial charge in [0.1, 0.15) is 11.5 Å². The third-order valence-corrected chi connectivity index (χ3v) is 7.08. The lowest BCUT2D eigenvalue weighted by Crippen LogP contribution is -2.47. The molecule has 1 heterocycles. The minimum atomic E-state index is -1.07. The predicted octanol–water partition coefficient (Wildman–Crippen LogP) is 2.58. The highest BCUT2D eigenvalue weighted by atomic mass is 16.5. The van der Waals surface area contributed by atoms with Gasteiger partial charge in [-0.25, -0.2) is 0 Å². The van der Waals surface area contributed by atoms with E-state index in [0.29, 0.717) is 31.8 Å². The molecule has 2 aromatic rings. The summed E-state index contributed by atoms with van der Waals surface area (Å²) >= 11 is 0. The Bertz CT molecular complexity index is 933. The highest BCUT2D eigenvalue weighted by Crippen LogP contribution is 2.52. The number of hydrogen-bond donors (Lipinski definition) is 2. The molecule has 6 heteroatoms. The van der Waals surface area contributed by atoms with Crippen molar-refractivity contribution < 1.29 is 19.4 Å². The molecule has 3 N–H and O–H groups in total. The van der Waals surface area contributed by atoms with Gasteiger partial charge in [0, 0.05) is 30.1 Å². The first-order valence-electron chi connectivity index (χ1n) is 11.0. The molecule has 1 saturated heterocycles. The quantitative estimate of drug-likeness (QED) is 0.745. The lowest BCUT2D eigenvalue weighted by Gasteiger charge is -2.45. The minimum Gasteiger partial charge on any atom is -0.496 e. The number of benzene rings is 2. The minimum absolute atomic E-state index is 0.0479. The van der Waals surface area contributed by atoms with Crippen LogP contribution in [0.2, 0.25) is 0 Å². The Hall–Kier alpha value is -2.57. The van der Waals surface area contributed by atoms with E-state index in [9.17, 15) is 9.90 Å². The van der Waals surface area contributed by atoms with Crippen molar-refractivity contribution >= 4 is 5.91 Å². The van der Waals surface area contributed by atoms with Gasteiger partial charge >= 0.3 is 0 Å². The van der Waals surface area contributed by atoms with Crippen molar-refractivity contribution in [2.45, 2.75) is 24.9 Å². The molecule has 0 spiro atoms. The number of likely N-dealkylation sites (tertiary alicyclic amines) is 1. The standard InChI is InChI=1S/C25H32N2O4/c1-30-22-9-5-3-7-18(22)12-24(28)27-15-19-11-17(14-26)13-25(29,21(19)16-27)20-8-4-6-10-23(20)31-2/h3-10,17,19,21,29H,11-16,26H2,1-2H3. The van der Waals surface area contributed by atoms with Gasteiger partial charge in [-0.15, -0.1) is 0 Å². The van der Waals surface area contributed by atoms with Crippen molar-refractivity contribution in [1.29, 1.82) is 0 Å². The first-order valence-corrected chi connectivity index (χ1v) is 11.0. The van der Waals surface area contributed by atoms with Gasteiger partial charge in [-0.3, -0.25) is 4.79 Å². The normalized spacial score (nSPS) is 27.6. The van der Waals surface area contributed by atoms with Crippen molar-refractivity contribution in [2.24, 2.45) is 23.5 Å². The summed E-state index contributed by atoms with van der Waals surface area (Å²) in [6.07, 6.45) is 1.80. The number of nitrogens with zero attached hydrogens (tertiary/aromatic N) is 1. The zero-order valence-electron chi connectivity index (χ0n) is 18.3. The molecule has 6 nitrogen and oxygen atoms in total. The maximum Gasteiger partial charge on any atom is 0.227 e. The topological polar surface area (TPSA) is 85.0 Å². The fourth-order valence-corrected chi connectivity index (χ4v) is 5.57. The summed E-state index contributed by atoms with van der Waals surface area (Å²) in [7, 11) is 3.24. The largest absolute Gasteiger partial charge is 0.496 e. The Morgan fingerprint density at radius 1 is 1.10 bits per heavy atom. The zero-order chi connectivity index (χ0) is 22.0. The van der Waals surface area contributed by atoms with Crippen LogP contribution in [-0.2, 0) is 16.8 Å². The monoisotopic (exact) mass is 424 g/mol. The molecule has 2 aliphatic rings. The second-order valence-electron chi connectivity index (χ2n) is 8.82. The van der Waals surface area contributed by atoms with Gasteiger partial charge in [0.05, 0.1) is 26.2 Å². The van der Waals surface area contributed by atoms with E-state index in [4.69, 9.17) is 15.2 Å². The number of aliphatic hydroxyl groups is 1. The molecule has 1 aliphatic heterocycles. The maximum absolute atomic E-state index is 13.2. The summed E-state index contributed by atoms with van der Waals surface area (Å²) < 4.78 is 11.0. The van der Waals surface area contributed by atoms with Crippen molar-refractivity contribution in [3.63, 3.8) is 0 Å². The molecule has 0 radical (unpaired) electrons. The van der Waals surface area contributed by atoms with Gasteiger partial charge in [0.15, 0.2) is 0 Å². The molecule has 4 unspecified atom stereocenters. The Morgan fingerprint density at radius 2 is 1.77 bits per heavy atom. The van der Waals surface area contributed by atoms with Crippen LogP contribution in [0.4, 0.5) is 0 Å². The molecular weight excluding hydrogens is 392 g/mol. The first kappa shape index (κ1) is 21.7. The molecule has 1 saturated carbocycles. The van der Waals surface area contributed by atoms with Gasteiger partial charge in [0.2, 0.25) is 5.91 Å². The van der Waals surface area contributed by atoms with Crippen LogP contribution in [0.1, 0.15) is 24.0 Å². The third-order valence-electron chi connectivity index (χ3n) is 7.08. The van der Waals surface area contributed by atoms with Crippen LogP contribution in [0.5, 0.6) is 11.5 Å². The van der Waals surface area contributed by atoms with Crippen LogP contribution >= 0.6 is 0 Å². The number of ether oxygens (including phenoxy) is 2. The molecule has 0 bridgehead atoms. The van der Waals surface area contributed by atoms with Crippen LogP contribution < -0.4 is 15.2 Å². The molecule has 1 amide bonds. The van der Waals surface area contributed by atoms with Crippen LogP contribution in [0.25, 0.3) is 0 Å². The zero-order valence-corrected chi connectivity index (χ0v) is 18.3. The average molecular weight is 425 g/mol. The molecule has 166 valence electrons. The number of fused-ring (bicyclic) bond motifs is 1. The highest BCUT2D eigenvalue weighted by Gasteiger charge is 2.53. The average Bonchev–Trinajstić information content (AvgIpc) is 3.24. The number of para-hydroxylation sites is 2. The van der Waals surface area contributed by atoms with Crippen LogP contribution in [-0.4, -0.2) is 49.8 Å². The number of methoxy groups -OCH3 is 2. The van der Waals surface area contributed by atoms with Crippen molar-refractivity contribution in [3.05, 3.63) is 59.7 Å². The number of hydrogen-bond acceptors (Lipinski definition) is 5. The van der Waals surface area contributed by atoms with Gasteiger partial charge in [-0.05, 0) is 43.4 Å². The Kier molecular flexibility index (Phi) is 6.21. The van der Waals surface area contributed by atoms with E-state index in [0.717, 1.165) is 23.3 Å². The maximum atomic E-state index is 13.2. The summed E-state index contributed by atoms with van der Waals surface area (Å²) in [5.74, 6) is 1.83. The van der Waals surface area contributed by atoms with Gasteiger partial charge in [0.25, 0.3) is 0 Å². The second-order valence-corrected chi connectivity index (χ2v) is 8.82. The number of nitrogens with two attached hydrogens (primary N) is 1. The fourth-order valence-electron chi connectivity index (χ4n) is 5.57. The van der Waals surface area contributed by atoms with Crippen molar-refractivity contribution in [3.8, 4) is 11.5 Å². The molecule has 4 atom stereocenters. The van der Waals surface area contributed by atoms with Gasteiger partial charge < -0.3 is 25.2 Å². The molecular formula is C25H32N2O4. The lowest BCUT2D eigenvalue weighted by molar-refractivity contribution is -0.130. The highest BCUT2D eigenvalue weighted by molar-refractivity contribution is 5.80. The first-order chi connectivity index (χ1) is 15.0. The van der Waals surface area contributed by atoms with Crippen molar-refractivity contribution in [1.82, 2.24) is 4.90 Å². The fraction of sp³-hybridized carbons (Fsp3) is 0.480. The summed E-state index contributed by atoms with van der Waals surface area (Å²) in [5, 5.41) is 12.0. The van der Waals surface area contributed by atoms with E-state index < -0.39 is 5.60 Å². The Labute approximate surface area is 184 Å². The lowest BCUT2D eigenvalue weighted by atomic mass is 9.63. The van der Waals surface area contributed by atoms with Crippen LogP contribution in [0.15, 0.2) is 48.5 Å². The molecule has 4 rings (SSSR count). The summed E-state index contributed by atoms with van der Waals surface area (Å²) in [6.45, 7) is 1.70. The summed E-state index contributed by atoms with van der Waals surface area (Å²) in [6, 6.07) is 15.3. The summed E-state index contributed by atoms with van der Waals surface area (Å²) in [5.41, 5.74) is 6.65. The molecule has 0 aromatic heterocycles. The molecule has 2 aromatic carbocycles. The van der Waals surface area contributed by atoms with E-state index in [1.54, 1.807) is 14.2 Å². The molecule has 31 heavy (non-hydrogen) atoms. The van der Waals surface area contributed by atoms with Gasteiger partial charge in [-0.1, -0.05) is 36.4 Å². The molecule has 2 fully saturated rings. The van der Waals surface area contributed by atoms with Crippen LogP contribution in [0, 0.1) is 17.8 Å². The molecule has 1 aliphatic carbocycles. The Balaban J connectivity index is 1.60. The number of rotatable bonds is 6. The smallest absolute Gasteiger partial charge is 0.227 e. The van der Waals surface area contributed by atoms with Crippen LogP contribution in [0.3, 0.4) is 0 Å². The van der Waals surface area contributed by atoms with E-state index in [-0.39, 0.29) is 30.1 Å². The SMILES string of the molecule is COc1ccccc1CC(=O)N1CC2CC(CN)CC(O)(c3ccccc3OC)C2C1. The Morgan fingerprint density at radius 3 is 2.48 bits per heavy atom.